The van der Waals surface area contributed by atoms with Crippen molar-refractivity contribution in [2.24, 2.45) is 0 Å². The van der Waals surface area contributed by atoms with E-state index < -0.39 is 27.3 Å². The first kappa shape index (κ1) is 23.6. The lowest BCUT2D eigenvalue weighted by Gasteiger charge is -2.24. The molecular formula is C22H19F3N2O6S. The Labute approximate surface area is 193 Å². The first-order valence-electron chi connectivity index (χ1n) is 10.1. The van der Waals surface area contributed by atoms with E-state index in [0.29, 0.717) is 40.9 Å². The number of hydrogen-bond donors (Lipinski definition) is 0. The van der Waals surface area contributed by atoms with Gasteiger partial charge in [-0.2, -0.15) is 21.6 Å². The van der Waals surface area contributed by atoms with E-state index in [2.05, 4.69) is 9.17 Å². The van der Waals surface area contributed by atoms with E-state index in [1.807, 2.05) is 0 Å². The molecule has 0 aliphatic carbocycles. The number of nitrogens with zero attached hydrogens (tertiary/aromatic N) is 2. The fourth-order valence-electron chi connectivity index (χ4n) is 3.84. The number of aromatic nitrogens is 2. The lowest BCUT2D eigenvalue weighted by atomic mass is 9.94. The van der Waals surface area contributed by atoms with Gasteiger partial charge >= 0.3 is 21.6 Å². The summed E-state index contributed by atoms with van der Waals surface area (Å²) in [5.41, 5.74) is -2.57. The van der Waals surface area contributed by atoms with E-state index in [1.165, 1.54) is 19.2 Å². The maximum Gasteiger partial charge on any atom is 0.534 e. The summed E-state index contributed by atoms with van der Waals surface area (Å²) >= 11 is 0. The number of rotatable bonds is 6. The van der Waals surface area contributed by atoms with Crippen molar-refractivity contribution in [1.82, 2.24) is 9.55 Å². The molecule has 0 fully saturated rings. The summed E-state index contributed by atoms with van der Waals surface area (Å²) in [6.45, 7) is 2.20. The number of alkyl halides is 3. The average Bonchev–Trinajstić information content (AvgIpc) is 3.19. The van der Waals surface area contributed by atoms with Gasteiger partial charge in [0, 0.05) is 35.6 Å². The van der Waals surface area contributed by atoms with Crippen LogP contribution in [-0.4, -0.2) is 43.2 Å². The van der Waals surface area contributed by atoms with Crippen LogP contribution in [0.3, 0.4) is 0 Å². The standard InChI is InChI=1S/C22H19F3N2O6S/c1-3-32-21(28)17-10-15(14-5-4-7-26-12-14)20-16-11-19(33-34(29,30)22(23,24)25)18(31-2)9-13(16)6-8-27(17)20/h4-5,7,9-12H,3,6,8H2,1-2H3. The van der Waals surface area contributed by atoms with Crippen LogP contribution >= 0.6 is 0 Å². The number of halogens is 3. The molecule has 8 nitrogen and oxygen atoms in total. The normalized spacial score (nSPS) is 13.1. The van der Waals surface area contributed by atoms with Gasteiger partial charge in [-0.15, -0.1) is 0 Å². The Kier molecular flexibility index (Phi) is 6.02. The minimum Gasteiger partial charge on any atom is -0.493 e. The number of pyridine rings is 1. The van der Waals surface area contributed by atoms with Crippen LogP contribution in [0, 0.1) is 0 Å². The topological polar surface area (TPSA) is 96.7 Å². The lowest BCUT2D eigenvalue weighted by Crippen LogP contribution is -2.28. The van der Waals surface area contributed by atoms with Gasteiger partial charge in [-0.1, -0.05) is 6.07 Å². The number of benzene rings is 1. The third kappa shape index (κ3) is 4.09. The molecule has 0 spiro atoms. The van der Waals surface area contributed by atoms with E-state index in [4.69, 9.17) is 9.47 Å². The summed E-state index contributed by atoms with van der Waals surface area (Å²) in [6, 6.07) is 7.70. The predicted molar refractivity (Wildman–Crippen MR) is 115 cm³/mol. The van der Waals surface area contributed by atoms with E-state index in [0.717, 1.165) is 0 Å². The first-order chi connectivity index (χ1) is 16.1. The van der Waals surface area contributed by atoms with Gasteiger partial charge in [-0.05, 0) is 43.2 Å². The summed E-state index contributed by atoms with van der Waals surface area (Å²) in [7, 11) is -4.74. The minimum atomic E-state index is -5.94. The molecule has 0 bridgehead atoms. The SMILES string of the molecule is CCOC(=O)c1cc(-c2cccnc2)c2n1CCc1cc(OC)c(OS(=O)(=O)C(F)(F)F)cc1-2. The molecule has 1 aliphatic heterocycles. The molecule has 12 heteroatoms. The summed E-state index contributed by atoms with van der Waals surface area (Å²) in [6.07, 6.45) is 3.55. The predicted octanol–water partition coefficient (Wildman–Crippen LogP) is 4.19. The van der Waals surface area contributed by atoms with Crippen molar-refractivity contribution in [1.29, 1.82) is 0 Å². The van der Waals surface area contributed by atoms with E-state index in [1.54, 1.807) is 42.1 Å². The van der Waals surface area contributed by atoms with Gasteiger partial charge in [0.2, 0.25) is 0 Å². The smallest absolute Gasteiger partial charge is 0.493 e. The summed E-state index contributed by atoms with van der Waals surface area (Å²) in [5.74, 6) is -1.35. The van der Waals surface area contributed by atoms with E-state index in [9.17, 15) is 26.4 Å². The fraction of sp³-hybridized carbons (Fsp3) is 0.273. The van der Waals surface area contributed by atoms with Crippen molar-refractivity contribution in [3.63, 3.8) is 0 Å². The van der Waals surface area contributed by atoms with Crippen LogP contribution in [-0.2, 0) is 27.8 Å². The Morgan fingerprint density at radius 3 is 2.56 bits per heavy atom. The molecule has 0 amide bonds. The molecule has 1 aromatic carbocycles. The van der Waals surface area contributed by atoms with Crippen molar-refractivity contribution in [3.05, 3.63) is 54.0 Å². The summed E-state index contributed by atoms with van der Waals surface area (Å²) in [5, 5.41) is 0. The van der Waals surface area contributed by atoms with Crippen molar-refractivity contribution in [3.8, 4) is 33.9 Å². The molecule has 3 heterocycles. The van der Waals surface area contributed by atoms with Gasteiger partial charge in [0.15, 0.2) is 11.5 Å². The Bertz CT molecular complexity index is 1350. The molecular weight excluding hydrogens is 477 g/mol. The molecule has 3 aromatic rings. The molecule has 0 N–H and O–H groups in total. The molecule has 0 saturated heterocycles. The van der Waals surface area contributed by atoms with Gasteiger partial charge in [-0.25, -0.2) is 4.79 Å². The van der Waals surface area contributed by atoms with Gasteiger partial charge in [0.1, 0.15) is 5.69 Å². The highest BCUT2D eigenvalue weighted by Gasteiger charge is 2.49. The van der Waals surface area contributed by atoms with Crippen molar-refractivity contribution < 1.29 is 40.0 Å². The van der Waals surface area contributed by atoms with Gasteiger partial charge in [0.05, 0.1) is 19.4 Å². The van der Waals surface area contributed by atoms with Crippen LogP contribution in [0.25, 0.3) is 22.4 Å². The Morgan fingerprint density at radius 1 is 1.18 bits per heavy atom. The second kappa shape index (κ2) is 8.67. The number of carbonyl (C=O) groups excluding carboxylic acids is 1. The Morgan fingerprint density at radius 2 is 1.94 bits per heavy atom. The highest BCUT2D eigenvalue weighted by molar-refractivity contribution is 7.88. The Balaban J connectivity index is 1.95. The molecule has 0 unspecified atom stereocenters. The molecule has 1 aliphatic rings. The van der Waals surface area contributed by atoms with Gasteiger partial charge in [-0.3, -0.25) is 4.98 Å². The van der Waals surface area contributed by atoms with Crippen molar-refractivity contribution in [2.45, 2.75) is 25.4 Å². The largest absolute Gasteiger partial charge is 0.534 e. The van der Waals surface area contributed by atoms with Crippen LogP contribution in [0.15, 0.2) is 42.7 Å². The van der Waals surface area contributed by atoms with Gasteiger partial charge in [0.25, 0.3) is 0 Å². The quantitative estimate of drug-likeness (QED) is 0.287. The third-order valence-corrected chi connectivity index (χ3v) is 6.25. The fourth-order valence-corrected chi connectivity index (χ4v) is 4.30. The average molecular weight is 496 g/mol. The molecule has 34 heavy (non-hydrogen) atoms. The van der Waals surface area contributed by atoms with Crippen LogP contribution in [0.1, 0.15) is 23.0 Å². The van der Waals surface area contributed by atoms with Crippen molar-refractivity contribution in [2.75, 3.05) is 13.7 Å². The number of hydrogen-bond acceptors (Lipinski definition) is 7. The van der Waals surface area contributed by atoms with E-state index >= 15 is 0 Å². The second-order valence-electron chi connectivity index (χ2n) is 7.30. The molecule has 0 radical (unpaired) electrons. The number of ether oxygens (including phenoxy) is 2. The van der Waals surface area contributed by atoms with Crippen LogP contribution < -0.4 is 8.92 Å². The van der Waals surface area contributed by atoms with Crippen LogP contribution in [0.2, 0.25) is 0 Å². The maximum absolute atomic E-state index is 13.0. The number of carbonyl (C=O) groups is 1. The van der Waals surface area contributed by atoms with Gasteiger partial charge < -0.3 is 18.2 Å². The molecule has 0 saturated carbocycles. The monoisotopic (exact) mass is 496 g/mol. The Hall–Kier alpha value is -3.54. The molecule has 2 aromatic heterocycles. The number of methoxy groups -OCH3 is 1. The first-order valence-corrected chi connectivity index (χ1v) is 11.5. The second-order valence-corrected chi connectivity index (χ2v) is 8.84. The zero-order chi connectivity index (χ0) is 24.7. The van der Waals surface area contributed by atoms with E-state index in [-0.39, 0.29) is 18.1 Å². The summed E-state index contributed by atoms with van der Waals surface area (Å²) in [4.78, 5) is 16.7. The van der Waals surface area contributed by atoms with Crippen LogP contribution in [0.4, 0.5) is 13.2 Å². The van der Waals surface area contributed by atoms with Crippen LogP contribution in [0.5, 0.6) is 11.5 Å². The summed E-state index contributed by atoms with van der Waals surface area (Å²) < 4.78 is 78.6. The number of esters is 1. The zero-order valence-corrected chi connectivity index (χ0v) is 18.9. The van der Waals surface area contributed by atoms with Crippen molar-refractivity contribution >= 4 is 16.1 Å². The number of fused-ring (bicyclic) bond motifs is 3. The highest BCUT2D eigenvalue weighted by atomic mass is 32.2. The maximum atomic E-state index is 13.0. The lowest BCUT2D eigenvalue weighted by molar-refractivity contribution is -0.0500. The molecule has 4 rings (SSSR count). The highest BCUT2D eigenvalue weighted by Crippen LogP contribution is 2.45. The zero-order valence-electron chi connectivity index (χ0n) is 18.0. The minimum absolute atomic E-state index is 0.155. The third-order valence-electron chi connectivity index (χ3n) is 5.29. The molecule has 0 atom stereocenters. The number of aryl methyl sites for hydroxylation is 1. The molecule has 180 valence electrons.